The van der Waals surface area contributed by atoms with Gasteiger partial charge in [0.05, 0.1) is 5.56 Å². The monoisotopic (exact) mass is 169 g/mol. The van der Waals surface area contributed by atoms with Gasteiger partial charge in [-0.2, -0.15) is 0 Å². The first-order chi connectivity index (χ1) is 5.52. The molecular weight excluding hydrogens is 164 g/mol. The number of hydrogen-bond donors (Lipinski definition) is 3. The number of phenols is 2. The smallest absolute Gasteiger partial charge is 0.335 e. The van der Waals surface area contributed by atoms with Gasteiger partial charge in [-0.25, -0.2) is 4.79 Å². The topological polar surface area (TPSA) is 101 Å². The Kier molecular flexibility index (Phi) is 1.78. The Bertz CT molecular complexity index is 331. The highest BCUT2D eigenvalue weighted by atomic mass is 16.4. The van der Waals surface area contributed by atoms with Crippen molar-refractivity contribution in [3.8, 4) is 17.2 Å². The van der Waals surface area contributed by atoms with Crippen LogP contribution in [0.2, 0.25) is 0 Å². The van der Waals surface area contributed by atoms with E-state index in [-0.39, 0.29) is 0 Å². The third-order valence-corrected chi connectivity index (χ3v) is 1.31. The summed E-state index contributed by atoms with van der Waals surface area (Å²) in [6.45, 7) is 0. The molecule has 0 atom stereocenters. The van der Waals surface area contributed by atoms with Crippen LogP contribution in [0, 0.1) is 0 Å². The Morgan fingerprint density at radius 1 is 1.25 bits per heavy atom. The molecule has 1 rings (SSSR count). The minimum absolute atomic E-state index is 0.565. The van der Waals surface area contributed by atoms with Gasteiger partial charge >= 0.3 is 5.97 Å². The molecule has 1 aromatic carbocycles. The summed E-state index contributed by atoms with van der Waals surface area (Å²) in [6.07, 6.45) is 0. The van der Waals surface area contributed by atoms with Crippen molar-refractivity contribution in [2.75, 3.05) is 0 Å². The van der Waals surface area contributed by atoms with Gasteiger partial charge in [0, 0.05) is 0 Å². The number of carbonyl (C=O) groups is 1. The van der Waals surface area contributed by atoms with Gasteiger partial charge in [0.1, 0.15) is 0 Å². The predicted molar refractivity (Wildman–Crippen MR) is 36.2 cm³/mol. The summed E-state index contributed by atoms with van der Waals surface area (Å²) in [5.74, 6) is -3.51. The quantitative estimate of drug-likeness (QED) is 0.508. The van der Waals surface area contributed by atoms with Gasteiger partial charge in [-0.15, -0.1) is 0 Å². The van der Waals surface area contributed by atoms with Crippen LogP contribution in [-0.2, 0) is 0 Å². The summed E-state index contributed by atoms with van der Waals surface area (Å²) < 4.78 is 0. The number of rotatable bonds is 1. The van der Waals surface area contributed by atoms with Gasteiger partial charge < -0.3 is 20.4 Å². The molecule has 0 aliphatic carbocycles. The zero-order valence-electron chi connectivity index (χ0n) is 5.81. The maximum Gasteiger partial charge on any atom is 0.335 e. The van der Waals surface area contributed by atoms with Crippen LogP contribution < -0.4 is 5.11 Å². The Balaban J connectivity index is 3.33. The van der Waals surface area contributed by atoms with E-state index >= 15 is 0 Å². The Morgan fingerprint density at radius 2 is 1.75 bits per heavy atom. The maximum absolute atomic E-state index is 10.8. The van der Waals surface area contributed by atoms with Crippen LogP contribution in [0.3, 0.4) is 0 Å². The van der Waals surface area contributed by atoms with E-state index in [1.165, 1.54) is 0 Å². The molecule has 5 heteroatoms. The lowest BCUT2D eigenvalue weighted by atomic mass is 10.2. The predicted octanol–water partition coefficient (Wildman–Crippen LogP) is -0.130. The number of carboxylic acids is 1. The minimum Gasteiger partial charge on any atom is -0.872 e. The molecule has 0 unspecified atom stereocenters. The molecule has 0 heterocycles. The molecule has 5 nitrogen and oxygen atoms in total. The normalized spacial score (nSPS) is 9.67. The van der Waals surface area contributed by atoms with Gasteiger partial charge in [0.25, 0.3) is 0 Å². The van der Waals surface area contributed by atoms with Gasteiger partial charge in [-0.05, 0) is 12.1 Å². The van der Waals surface area contributed by atoms with Crippen LogP contribution in [0.1, 0.15) is 10.4 Å². The summed E-state index contributed by atoms with van der Waals surface area (Å²) in [5.41, 5.74) is -0.565. The lowest BCUT2D eigenvalue weighted by molar-refractivity contribution is -0.268. The zero-order chi connectivity index (χ0) is 9.30. The van der Waals surface area contributed by atoms with E-state index in [9.17, 15) is 9.90 Å². The van der Waals surface area contributed by atoms with E-state index in [1.807, 2.05) is 0 Å². The summed E-state index contributed by atoms with van der Waals surface area (Å²) in [6, 6.07) is 1.36. The summed E-state index contributed by atoms with van der Waals surface area (Å²) in [5, 5.41) is 36.8. The van der Waals surface area contributed by atoms with Crippen LogP contribution in [0.4, 0.5) is 0 Å². The minimum atomic E-state index is -1.43. The number of hydrogen-bond acceptors (Lipinski definition) is 4. The first-order valence-corrected chi connectivity index (χ1v) is 2.98. The van der Waals surface area contributed by atoms with Crippen molar-refractivity contribution in [3.63, 3.8) is 0 Å². The zero-order valence-corrected chi connectivity index (χ0v) is 5.81. The molecule has 0 fully saturated rings. The summed E-state index contributed by atoms with van der Waals surface area (Å²) >= 11 is 0. The number of carboxylic acid groups (broad SMARTS) is 1. The molecule has 1 aromatic rings. The number of benzene rings is 1. The molecule has 0 aromatic heterocycles. The van der Waals surface area contributed by atoms with Crippen LogP contribution in [0.25, 0.3) is 0 Å². The molecule has 0 aliphatic heterocycles. The SMILES string of the molecule is O=C(O)c1cc(O)c(O)cc1[O-]. The molecule has 64 valence electrons. The fourth-order valence-corrected chi connectivity index (χ4v) is 0.725. The van der Waals surface area contributed by atoms with Gasteiger partial charge in [0.2, 0.25) is 0 Å². The largest absolute Gasteiger partial charge is 0.872 e. The molecule has 0 amide bonds. The maximum atomic E-state index is 10.8. The van der Waals surface area contributed by atoms with Crippen molar-refractivity contribution in [2.24, 2.45) is 0 Å². The van der Waals surface area contributed by atoms with E-state index in [2.05, 4.69) is 0 Å². The van der Waals surface area contributed by atoms with Crippen LogP contribution in [0.5, 0.6) is 17.2 Å². The van der Waals surface area contributed by atoms with Gasteiger partial charge in [0.15, 0.2) is 11.5 Å². The first kappa shape index (κ1) is 8.19. The second kappa shape index (κ2) is 2.61. The van der Waals surface area contributed by atoms with E-state index in [4.69, 9.17) is 15.3 Å². The first-order valence-electron chi connectivity index (χ1n) is 2.98. The summed E-state index contributed by atoms with van der Waals surface area (Å²) in [4.78, 5) is 10.3. The number of aromatic hydroxyl groups is 2. The van der Waals surface area contributed by atoms with Crippen LogP contribution in [0.15, 0.2) is 12.1 Å². The molecule has 0 saturated heterocycles. The average Bonchev–Trinajstić information content (AvgIpc) is 1.96. The summed E-state index contributed by atoms with van der Waals surface area (Å²) in [7, 11) is 0. The highest BCUT2D eigenvalue weighted by Crippen LogP contribution is 2.30. The average molecular weight is 169 g/mol. The lowest BCUT2D eigenvalue weighted by Gasteiger charge is -2.10. The number of aromatic carboxylic acids is 1. The van der Waals surface area contributed by atoms with Crippen molar-refractivity contribution in [1.82, 2.24) is 0 Å². The van der Waals surface area contributed by atoms with Gasteiger partial charge in [-0.1, -0.05) is 5.75 Å². The van der Waals surface area contributed by atoms with E-state index in [1.54, 1.807) is 0 Å². The van der Waals surface area contributed by atoms with Crippen LogP contribution >= 0.6 is 0 Å². The van der Waals surface area contributed by atoms with Crippen molar-refractivity contribution < 1.29 is 25.2 Å². The fraction of sp³-hybridized carbons (Fsp3) is 0. The number of phenolic OH excluding ortho intramolecular Hbond substituents is 2. The second-order valence-electron chi connectivity index (χ2n) is 2.14. The van der Waals surface area contributed by atoms with Crippen molar-refractivity contribution in [3.05, 3.63) is 17.7 Å². The highest BCUT2D eigenvalue weighted by Gasteiger charge is 2.07. The lowest BCUT2D eigenvalue weighted by Crippen LogP contribution is -2.03. The Morgan fingerprint density at radius 3 is 2.25 bits per heavy atom. The second-order valence-corrected chi connectivity index (χ2v) is 2.14. The Labute approximate surface area is 67.1 Å². The van der Waals surface area contributed by atoms with E-state index in [0.717, 1.165) is 0 Å². The van der Waals surface area contributed by atoms with Crippen molar-refractivity contribution >= 4 is 5.97 Å². The Hall–Kier alpha value is -1.91. The molecule has 0 aliphatic rings. The third-order valence-electron chi connectivity index (χ3n) is 1.31. The molecule has 0 saturated carbocycles. The van der Waals surface area contributed by atoms with Crippen molar-refractivity contribution in [2.45, 2.75) is 0 Å². The standard InChI is InChI=1S/C7H6O5/c8-4-2-6(10)5(9)1-3(4)7(11)12/h1-2,8-10H,(H,11,12)/p-1. The molecule has 12 heavy (non-hydrogen) atoms. The molecule has 0 radical (unpaired) electrons. The molecular formula is C7H5O5-. The van der Waals surface area contributed by atoms with Crippen molar-refractivity contribution in [1.29, 1.82) is 0 Å². The molecule has 0 bridgehead atoms. The molecule has 0 spiro atoms. The molecule has 3 N–H and O–H groups in total. The fourth-order valence-electron chi connectivity index (χ4n) is 0.725. The highest BCUT2D eigenvalue weighted by molar-refractivity contribution is 5.91. The van der Waals surface area contributed by atoms with Gasteiger partial charge in [-0.3, -0.25) is 0 Å². The van der Waals surface area contributed by atoms with E-state index in [0.29, 0.717) is 12.1 Å². The van der Waals surface area contributed by atoms with E-state index < -0.39 is 28.8 Å². The third kappa shape index (κ3) is 1.24. The van der Waals surface area contributed by atoms with Crippen LogP contribution in [-0.4, -0.2) is 21.3 Å².